The largest absolute Gasteiger partial charge is 0.477 e. The molecule has 0 saturated heterocycles. The number of halogens is 2. The minimum Gasteiger partial charge on any atom is -0.477 e. The summed E-state index contributed by atoms with van der Waals surface area (Å²) in [6.07, 6.45) is 4.29. The maximum Gasteiger partial charge on any atom is 0.341 e. The second kappa shape index (κ2) is 6.50. The Morgan fingerprint density at radius 1 is 1.27 bits per heavy atom. The van der Waals surface area contributed by atoms with E-state index < -0.39 is 22.8 Å². The Hall–Kier alpha value is -3.52. The van der Waals surface area contributed by atoms with Crippen molar-refractivity contribution in [2.75, 3.05) is 0 Å². The molecule has 7 nitrogen and oxygen atoms in total. The van der Waals surface area contributed by atoms with Crippen LogP contribution in [-0.4, -0.2) is 25.6 Å². The molecule has 0 aliphatic heterocycles. The van der Waals surface area contributed by atoms with E-state index >= 15 is 4.39 Å². The topological polar surface area (TPSA) is 105 Å². The van der Waals surface area contributed by atoms with Crippen molar-refractivity contribution < 1.29 is 14.3 Å². The molecule has 0 bridgehead atoms. The number of aromatic amines is 1. The van der Waals surface area contributed by atoms with E-state index in [1.54, 1.807) is 16.7 Å². The van der Waals surface area contributed by atoms with Gasteiger partial charge in [-0.1, -0.05) is 11.6 Å². The van der Waals surface area contributed by atoms with Gasteiger partial charge in [-0.25, -0.2) is 14.2 Å². The lowest BCUT2D eigenvalue weighted by Gasteiger charge is -2.16. The Balaban J connectivity index is 1.84. The lowest BCUT2D eigenvalue weighted by molar-refractivity contribution is 0.0695. The first-order valence-corrected chi connectivity index (χ1v) is 9.52. The highest BCUT2D eigenvalue weighted by Gasteiger charge is 2.29. The van der Waals surface area contributed by atoms with Gasteiger partial charge < -0.3 is 14.7 Å². The Labute approximate surface area is 172 Å². The number of rotatable bonds is 3. The average molecular weight is 426 g/mol. The number of hydrogen-bond acceptors (Lipinski definition) is 4. The molecule has 0 amide bonds. The molecule has 1 aromatic carbocycles. The summed E-state index contributed by atoms with van der Waals surface area (Å²) in [4.78, 5) is 42.4. The first kappa shape index (κ1) is 18.5. The van der Waals surface area contributed by atoms with Crippen molar-refractivity contribution in [2.24, 2.45) is 0 Å². The fourth-order valence-electron chi connectivity index (χ4n) is 3.67. The third-order valence-electron chi connectivity index (χ3n) is 5.24. The molecule has 4 aromatic rings. The summed E-state index contributed by atoms with van der Waals surface area (Å²) in [6, 6.07) is 5.57. The highest BCUT2D eigenvalue weighted by atomic mass is 35.5. The van der Waals surface area contributed by atoms with Crippen LogP contribution in [-0.2, 0) is 0 Å². The van der Waals surface area contributed by atoms with Crippen LogP contribution in [0.1, 0.15) is 29.2 Å². The van der Waals surface area contributed by atoms with Gasteiger partial charge in [0.25, 0.3) is 0 Å². The van der Waals surface area contributed by atoms with Crippen molar-refractivity contribution in [3.8, 4) is 11.1 Å². The van der Waals surface area contributed by atoms with Crippen molar-refractivity contribution in [1.82, 2.24) is 14.5 Å². The Morgan fingerprint density at radius 2 is 2.03 bits per heavy atom. The molecule has 3 heterocycles. The van der Waals surface area contributed by atoms with E-state index in [9.17, 15) is 19.5 Å². The van der Waals surface area contributed by atoms with Gasteiger partial charge in [-0.15, -0.1) is 0 Å². The standard InChI is InChI=1S/C21H13ClFN3O4/c22-17-16(10-5-9-1-4-15(27)25-20(9)24-7-10)14(23)6-12-18(17)26(11-2-3-11)8-13(19(12)28)21(29)30/h1,4-8,11H,2-3H2,(H,29,30)(H,24,25,27). The number of nitrogens with one attached hydrogen (secondary N) is 1. The lowest BCUT2D eigenvalue weighted by atomic mass is 10.0. The molecular weight excluding hydrogens is 413 g/mol. The monoisotopic (exact) mass is 425 g/mol. The summed E-state index contributed by atoms with van der Waals surface area (Å²) in [5.74, 6) is -2.13. The predicted octanol–water partition coefficient (Wildman–Crippen LogP) is 3.73. The lowest BCUT2D eigenvalue weighted by Crippen LogP contribution is -2.19. The Morgan fingerprint density at radius 3 is 2.73 bits per heavy atom. The first-order chi connectivity index (χ1) is 14.3. The molecule has 30 heavy (non-hydrogen) atoms. The quantitative estimate of drug-likeness (QED) is 0.520. The van der Waals surface area contributed by atoms with Gasteiger partial charge in [0.2, 0.25) is 11.0 Å². The van der Waals surface area contributed by atoms with Gasteiger partial charge in [0.05, 0.1) is 15.9 Å². The molecule has 1 fully saturated rings. The van der Waals surface area contributed by atoms with E-state index in [1.807, 2.05) is 0 Å². The van der Waals surface area contributed by atoms with Crippen LogP contribution in [0.3, 0.4) is 0 Å². The molecular formula is C21H13ClFN3O4. The smallest absolute Gasteiger partial charge is 0.341 e. The van der Waals surface area contributed by atoms with Gasteiger partial charge in [-0.05, 0) is 31.0 Å². The molecule has 0 radical (unpaired) electrons. The predicted molar refractivity (Wildman–Crippen MR) is 110 cm³/mol. The van der Waals surface area contributed by atoms with Crippen LogP contribution < -0.4 is 11.0 Å². The minimum absolute atomic E-state index is 0.00168. The molecule has 0 unspecified atom stereocenters. The van der Waals surface area contributed by atoms with Crippen LogP contribution >= 0.6 is 11.6 Å². The summed E-state index contributed by atoms with van der Waals surface area (Å²) >= 11 is 6.61. The normalized spacial score (nSPS) is 13.8. The molecule has 1 aliphatic carbocycles. The number of carboxylic acid groups (broad SMARTS) is 1. The Bertz CT molecular complexity index is 1500. The molecule has 9 heteroatoms. The molecule has 0 spiro atoms. The van der Waals surface area contributed by atoms with E-state index in [0.717, 1.165) is 18.9 Å². The molecule has 1 aliphatic rings. The van der Waals surface area contributed by atoms with Crippen LogP contribution in [0, 0.1) is 5.82 Å². The third kappa shape index (κ3) is 2.80. The van der Waals surface area contributed by atoms with Gasteiger partial charge in [0, 0.05) is 41.0 Å². The van der Waals surface area contributed by atoms with E-state index in [4.69, 9.17) is 11.6 Å². The molecule has 150 valence electrons. The second-order valence-corrected chi connectivity index (χ2v) is 7.62. The van der Waals surface area contributed by atoms with Crippen LogP contribution in [0.15, 0.2) is 46.2 Å². The highest BCUT2D eigenvalue weighted by molar-refractivity contribution is 6.38. The SMILES string of the molecule is O=C(O)c1cn(C2CC2)c2c(Cl)c(-c3cnc4[nH]c(=O)ccc4c3)c(F)cc2c1=O. The zero-order valence-electron chi connectivity index (χ0n) is 15.3. The van der Waals surface area contributed by atoms with E-state index in [2.05, 4.69) is 9.97 Å². The summed E-state index contributed by atoms with van der Waals surface area (Å²) in [7, 11) is 0. The van der Waals surface area contributed by atoms with Crippen molar-refractivity contribution in [3.63, 3.8) is 0 Å². The van der Waals surface area contributed by atoms with Crippen LogP contribution in [0.4, 0.5) is 4.39 Å². The van der Waals surface area contributed by atoms with E-state index in [-0.39, 0.29) is 27.6 Å². The minimum atomic E-state index is -1.37. The first-order valence-electron chi connectivity index (χ1n) is 9.14. The summed E-state index contributed by atoms with van der Waals surface area (Å²) in [5, 5.41) is 9.89. The number of hydrogen-bond donors (Lipinski definition) is 2. The van der Waals surface area contributed by atoms with E-state index in [0.29, 0.717) is 22.1 Å². The number of aromatic carboxylic acids is 1. The highest BCUT2D eigenvalue weighted by Crippen LogP contribution is 2.42. The maximum atomic E-state index is 15.1. The molecule has 0 atom stereocenters. The van der Waals surface area contributed by atoms with Crippen molar-refractivity contribution in [1.29, 1.82) is 0 Å². The zero-order valence-corrected chi connectivity index (χ0v) is 16.0. The maximum absolute atomic E-state index is 15.1. The molecule has 2 N–H and O–H groups in total. The van der Waals surface area contributed by atoms with Crippen LogP contribution in [0.5, 0.6) is 0 Å². The van der Waals surface area contributed by atoms with Crippen molar-refractivity contribution in [2.45, 2.75) is 18.9 Å². The number of carbonyl (C=O) groups is 1. The van der Waals surface area contributed by atoms with Gasteiger partial charge >= 0.3 is 5.97 Å². The number of benzene rings is 1. The average Bonchev–Trinajstić information content (AvgIpc) is 3.53. The summed E-state index contributed by atoms with van der Waals surface area (Å²) in [6.45, 7) is 0. The van der Waals surface area contributed by atoms with Crippen LogP contribution in [0.2, 0.25) is 5.02 Å². The number of nitrogens with zero attached hydrogens (tertiary/aromatic N) is 2. The van der Waals surface area contributed by atoms with Gasteiger partial charge in [0.15, 0.2) is 0 Å². The van der Waals surface area contributed by atoms with Gasteiger partial charge in [-0.3, -0.25) is 9.59 Å². The third-order valence-corrected chi connectivity index (χ3v) is 5.61. The second-order valence-electron chi connectivity index (χ2n) is 7.24. The number of aromatic nitrogens is 3. The molecule has 3 aromatic heterocycles. The van der Waals surface area contributed by atoms with Crippen LogP contribution in [0.25, 0.3) is 33.1 Å². The molecule has 1 saturated carbocycles. The fraction of sp³-hybridized carbons (Fsp3) is 0.143. The fourth-order valence-corrected chi connectivity index (χ4v) is 4.07. The number of fused-ring (bicyclic) bond motifs is 2. The molecule has 5 rings (SSSR count). The summed E-state index contributed by atoms with van der Waals surface area (Å²) in [5.41, 5.74) is -0.431. The van der Waals surface area contributed by atoms with E-state index in [1.165, 1.54) is 18.5 Å². The number of carboxylic acids is 1. The van der Waals surface area contributed by atoms with Crippen molar-refractivity contribution in [3.05, 3.63) is 73.6 Å². The summed E-state index contributed by atoms with van der Waals surface area (Å²) < 4.78 is 16.8. The zero-order chi connectivity index (χ0) is 21.2. The van der Waals surface area contributed by atoms with Gasteiger partial charge in [-0.2, -0.15) is 0 Å². The number of pyridine rings is 3. The van der Waals surface area contributed by atoms with Crippen molar-refractivity contribution >= 4 is 39.5 Å². The number of H-pyrrole nitrogens is 1. The van der Waals surface area contributed by atoms with Gasteiger partial charge in [0.1, 0.15) is 17.0 Å². The Kier molecular flexibility index (Phi) is 4.01.